The fourth-order valence-corrected chi connectivity index (χ4v) is 6.04. The van der Waals surface area contributed by atoms with Crippen molar-refractivity contribution in [1.82, 2.24) is 19.1 Å². The summed E-state index contributed by atoms with van der Waals surface area (Å²) in [7, 11) is 4.51. The molecule has 13 nitrogen and oxygen atoms in total. The minimum Gasteiger partial charge on any atom is -0.507 e. The Morgan fingerprint density at radius 1 is 1.00 bits per heavy atom. The molecule has 54 heavy (non-hydrogen) atoms. The van der Waals surface area contributed by atoms with Crippen LogP contribution < -0.4 is 27.2 Å². The number of phenolic OH excluding ortho intramolecular Hbond substituents is 1. The van der Waals surface area contributed by atoms with Crippen molar-refractivity contribution in [2.45, 2.75) is 111 Å². The van der Waals surface area contributed by atoms with E-state index >= 15 is 0 Å². The van der Waals surface area contributed by atoms with Gasteiger partial charge < -0.3 is 24.9 Å². The van der Waals surface area contributed by atoms with Crippen LogP contribution in [0.2, 0.25) is 6.80 Å². The van der Waals surface area contributed by atoms with Crippen LogP contribution in [-0.2, 0) is 29.1 Å². The highest BCUT2D eigenvalue weighted by atomic mass is 19.1. The van der Waals surface area contributed by atoms with E-state index in [1.807, 2.05) is 18.0 Å². The minimum absolute atomic E-state index is 0. The minimum atomic E-state index is -1.06. The molecular weight excluding hydrogens is 705 g/mol. The molecule has 0 spiro atoms. The maximum Gasteiger partial charge on any atom is 0.328 e. The maximum absolute atomic E-state index is 13.5. The van der Waals surface area contributed by atoms with E-state index in [0.717, 1.165) is 60.4 Å². The van der Waals surface area contributed by atoms with Crippen LogP contribution >= 0.6 is 0 Å². The summed E-state index contributed by atoms with van der Waals surface area (Å²) in [4.78, 5) is 73.1. The second kappa shape index (κ2) is 22.1. The van der Waals surface area contributed by atoms with E-state index in [1.165, 1.54) is 5.57 Å². The van der Waals surface area contributed by atoms with Crippen molar-refractivity contribution < 1.29 is 34.7 Å². The van der Waals surface area contributed by atoms with Crippen molar-refractivity contribution in [2.75, 3.05) is 0 Å². The number of allylic oxidation sites excluding steroid dienone is 3. The fraction of sp³-hybridized carbons (Fsp3) is 0.474. The van der Waals surface area contributed by atoms with Crippen LogP contribution in [0.15, 0.2) is 67.5 Å². The molecule has 3 aromatic rings. The van der Waals surface area contributed by atoms with Crippen molar-refractivity contribution in [3.8, 4) is 11.5 Å². The Morgan fingerprint density at radius 2 is 1.56 bits per heavy atom. The third-order valence-electron chi connectivity index (χ3n) is 8.76. The van der Waals surface area contributed by atoms with Gasteiger partial charge in [-0.1, -0.05) is 50.4 Å². The molecule has 4 rings (SSSR count). The first-order valence-electron chi connectivity index (χ1n) is 18.3. The predicted molar refractivity (Wildman–Crippen MR) is 201 cm³/mol. The number of aromatic nitrogens is 4. The molecule has 2 atom stereocenters. The lowest BCUT2D eigenvalue weighted by atomic mass is 9.73. The number of carboxylic acid groups (broad SMARTS) is 1. The molecule has 4 N–H and O–H groups in total. The number of benzene rings is 1. The van der Waals surface area contributed by atoms with Gasteiger partial charge in [0.25, 0.3) is 11.1 Å². The highest BCUT2D eigenvalue weighted by Gasteiger charge is 2.31. The maximum atomic E-state index is 13.5. The molecule has 292 valence electrons. The van der Waals surface area contributed by atoms with Crippen LogP contribution in [-0.4, -0.2) is 49.1 Å². The van der Waals surface area contributed by atoms with E-state index in [-0.39, 0.29) is 63.2 Å². The van der Waals surface area contributed by atoms with E-state index in [1.54, 1.807) is 6.07 Å². The molecular formula is C38H49BF2N4O9. The van der Waals surface area contributed by atoms with E-state index in [2.05, 4.69) is 39.3 Å². The molecule has 0 saturated heterocycles. The van der Waals surface area contributed by atoms with E-state index in [9.17, 15) is 42.7 Å². The highest BCUT2D eigenvalue weighted by Crippen LogP contribution is 2.47. The monoisotopic (exact) mass is 755 g/mol. The van der Waals surface area contributed by atoms with Crippen LogP contribution in [0.25, 0.3) is 0 Å². The molecule has 2 aromatic heterocycles. The van der Waals surface area contributed by atoms with Gasteiger partial charge in [0, 0.05) is 51.2 Å². The molecule has 0 amide bonds. The predicted octanol–water partition coefficient (Wildman–Crippen LogP) is 5.26. The standard InChI is InChI=1S/C29H37FN2O5.C8H9FN2O4.CH3B/c1-5-6-7-9-20-15-24(33)27(22-14-19(4)11-12-21(22)18(2)3)25(16-20)37-26(34)10-8-13-32-28(35)23(30)17-31-29(32)36;9-5-4-10-8(15)11(7(5)14)3-1-2-6(12)13;1-2/h14-17,21-22,33H,2,5-13H2,1,3-4H3,(H,31,36);4H,1-3H2,(H,10,15)(H,12,13);1H3/t21-,22+;;/m0../s1/i;;1D. The van der Waals surface area contributed by atoms with E-state index < -0.39 is 46.1 Å². The topological polar surface area (TPSA) is 194 Å². The summed E-state index contributed by atoms with van der Waals surface area (Å²) < 4.78 is 39.4. The number of aromatic hydroxyl groups is 1. The van der Waals surface area contributed by atoms with Gasteiger partial charge in [0.15, 0.2) is 0 Å². The summed E-state index contributed by atoms with van der Waals surface area (Å²) in [5.41, 5.74) is 0.110. The van der Waals surface area contributed by atoms with Crippen LogP contribution in [0.1, 0.15) is 97.0 Å². The molecule has 0 saturated carbocycles. The summed E-state index contributed by atoms with van der Waals surface area (Å²) in [5.74, 6) is -3.38. The van der Waals surface area contributed by atoms with Crippen molar-refractivity contribution in [3.63, 3.8) is 0 Å². The SMILES string of the molecule is C=C(C)[C@@H]1CCC(C)=C[C@H]1c1c(O)cc(CCCCC)cc1OC(=O)CCCn1c(=O)[nH]cc(F)c1=O.O=C(O)CCCn1c(=O)[nH]cc(F)c1=O.[2H]C[B]. The number of carbonyl (C=O) groups excluding carboxylic acids is 1. The second-order valence-corrected chi connectivity index (χ2v) is 12.9. The third kappa shape index (κ3) is 13.0. The number of aliphatic carboxylic acids is 1. The number of ether oxygens (including phenoxy) is 1. The Balaban J connectivity index is 0.000000482. The van der Waals surface area contributed by atoms with Gasteiger partial charge in [-0.15, -0.1) is 0 Å². The highest BCUT2D eigenvalue weighted by molar-refractivity contribution is 6.05. The van der Waals surface area contributed by atoms with Crippen LogP contribution in [0.5, 0.6) is 11.5 Å². The van der Waals surface area contributed by atoms with Crippen LogP contribution in [0.4, 0.5) is 8.78 Å². The van der Waals surface area contributed by atoms with Gasteiger partial charge in [0.2, 0.25) is 11.6 Å². The normalized spacial score (nSPS) is 15.1. The van der Waals surface area contributed by atoms with Gasteiger partial charge in [0.05, 0.1) is 7.85 Å². The zero-order valence-electron chi connectivity index (χ0n) is 31.9. The number of carboxylic acids is 1. The van der Waals surface area contributed by atoms with Gasteiger partial charge in [-0.25, -0.2) is 9.59 Å². The quantitative estimate of drug-likeness (QED) is 0.0527. The number of unbranched alkanes of at least 4 members (excludes halogenated alkanes) is 2. The molecule has 16 heteroatoms. The Bertz CT molecular complexity index is 2060. The average Bonchev–Trinajstić information content (AvgIpc) is 3.11. The number of hydrogen-bond donors (Lipinski definition) is 4. The number of halogens is 2. The first-order valence-corrected chi connectivity index (χ1v) is 17.6. The Hall–Kier alpha value is -5.28. The number of esters is 1. The van der Waals surface area contributed by atoms with Crippen LogP contribution in [0.3, 0.4) is 0 Å². The van der Waals surface area contributed by atoms with Gasteiger partial charge in [-0.05, 0) is 76.0 Å². The number of phenols is 1. The number of nitrogens with zero attached hydrogens (tertiary/aromatic N) is 2. The van der Waals surface area contributed by atoms with E-state index in [4.69, 9.17) is 11.2 Å². The smallest absolute Gasteiger partial charge is 0.328 e. The molecule has 0 fully saturated rings. The number of aromatic amines is 2. The van der Waals surface area contributed by atoms with Gasteiger partial charge >= 0.3 is 23.3 Å². The van der Waals surface area contributed by atoms with Gasteiger partial charge in [-0.3, -0.25) is 28.3 Å². The average molecular weight is 756 g/mol. The summed E-state index contributed by atoms with van der Waals surface area (Å²) in [5, 5.41) is 19.5. The summed E-state index contributed by atoms with van der Waals surface area (Å²) >= 11 is 0. The molecule has 2 radical (unpaired) electrons. The molecule has 1 aliphatic carbocycles. The lowest BCUT2D eigenvalue weighted by Crippen LogP contribution is -2.36. The molecule has 1 aromatic carbocycles. The van der Waals surface area contributed by atoms with Crippen molar-refractivity contribution in [3.05, 3.63) is 113 Å². The Morgan fingerprint density at radius 3 is 2.07 bits per heavy atom. The van der Waals surface area contributed by atoms with Crippen LogP contribution in [0, 0.1) is 17.6 Å². The number of hydrogen-bond acceptors (Lipinski definition) is 8. The number of carbonyl (C=O) groups is 2. The molecule has 0 bridgehead atoms. The van der Waals surface area contributed by atoms with Crippen molar-refractivity contribution >= 4 is 19.8 Å². The number of aryl methyl sites for hydroxylation is 1. The first kappa shape index (κ1) is 43.1. The molecule has 2 heterocycles. The van der Waals surface area contributed by atoms with Crippen molar-refractivity contribution in [1.29, 1.82) is 0 Å². The number of nitrogens with one attached hydrogen (secondary N) is 2. The lowest BCUT2D eigenvalue weighted by molar-refractivity contribution is -0.137. The van der Waals surface area contributed by atoms with Gasteiger partial charge in [-0.2, -0.15) is 8.78 Å². The Kier molecular flexibility index (Phi) is 17.6. The molecule has 0 aliphatic heterocycles. The summed E-state index contributed by atoms with van der Waals surface area (Å²) in [6, 6.07) is 3.59. The molecule has 1 aliphatic rings. The Labute approximate surface area is 314 Å². The lowest BCUT2D eigenvalue weighted by Gasteiger charge is -2.32. The summed E-state index contributed by atoms with van der Waals surface area (Å²) in [6.07, 6.45) is 9.12. The number of rotatable bonds is 15. The zero-order chi connectivity index (χ0) is 41.2. The zero-order valence-corrected chi connectivity index (χ0v) is 30.9. The van der Waals surface area contributed by atoms with E-state index in [0.29, 0.717) is 22.1 Å². The third-order valence-corrected chi connectivity index (χ3v) is 8.76. The first-order chi connectivity index (χ1) is 26.1. The summed E-state index contributed by atoms with van der Waals surface area (Å²) in [6.45, 7) is 10.1. The van der Waals surface area contributed by atoms with Gasteiger partial charge in [0.1, 0.15) is 11.5 Å². The largest absolute Gasteiger partial charge is 0.507 e. The second-order valence-electron chi connectivity index (χ2n) is 12.9. The fourth-order valence-electron chi connectivity index (χ4n) is 6.04. The van der Waals surface area contributed by atoms with Crippen molar-refractivity contribution in [2.24, 2.45) is 5.92 Å². The number of H-pyrrole nitrogens is 2. The molecule has 0 unspecified atom stereocenters.